The van der Waals surface area contributed by atoms with Gasteiger partial charge in [0.2, 0.25) is 27.7 Å². The minimum Gasteiger partial charge on any atom is -0.349 e. The molecule has 3 aliphatic rings. The van der Waals surface area contributed by atoms with Gasteiger partial charge in [-0.15, -0.1) is 0 Å². The minimum atomic E-state index is -3.58. The van der Waals surface area contributed by atoms with Gasteiger partial charge in [0.15, 0.2) is 0 Å². The van der Waals surface area contributed by atoms with Crippen LogP contribution in [0.1, 0.15) is 77.3 Å². The van der Waals surface area contributed by atoms with Gasteiger partial charge >= 0.3 is 0 Å². The second kappa shape index (κ2) is 12.4. The Morgan fingerprint density at radius 1 is 1.00 bits per heavy atom. The van der Waals surface area contributed by atoms with Gasteiger partial charge in [-0.2, -0.15) is 4.31 Å². The Morgan fingerprint density at radius 3 is 2.28 bits per heavy atom. The van der Waals surface area contributed by atoms with Crippen LogP contribution in [0.3, 0.4) is 0 Å². The Morgan fingerprint density at radius 2 is 1.67 bits per heavy atom. The summed E-state index contributed by atoms with van der Waals surface area (Å²) in [4.78, 5) is 42.5. The van der Waals surface area contributed by atoms with E-state index >= 15 is 0 Å². The third-order valence-corrected chi connectivity index (χ3v) is 10.3. The summed E-state index contributed by atoms with van der Waals surface area (Å²) in [5.41, 5.74) is 0.949. The Kier molecular flexibility index (Phi) is 9.37. The highest BCUT2D eigenvalue weighted by Crippen LogP contribution is 2.39. The van der Waals surface area contributed by atoms with Gasteiger partial charge in [0, 0.05) is 25.0 Å². The van der Waals surface area contributed by atoms with Gasteiger partial charge in [-0.05, 0) is 44.1 Å². The van der Waals surface area contributed by atoms with Crippen molar-refractivity contribution in [3.8, 4) is 0 Å². The third kappa shape index (κ3) is 6.48. The van der Waals surface area contributed by atoms with Crippen molar-refractivity contribution in [1.82, 2.24) is 19.8 Å². The van der Waals surface area contributed by atoms with Crippen LogP contribution in [0, 0.1) is 17.8 Å². The molecular weight excluding hydrogens is 516 g/mol. The standard InChI is InChI=1S/C29H44N4O5S/c1-5-19(2)27(34)31-25(22-14-10-7-11-15-22)29(36)32-17-16-24-26(32)23(18-33(24)39(4,37)38)28(35)30-20(3)21-12-8-6-9-13-21/h6,8-9,12-13,19-20,22-26H,5,7,10-11,14-18H2,1-4H3,(H,30,35)(H,31,34)/t19-,20-,23+,24-,25+,26-/m1/s1. The van der Waals surface area contributed by atoms with E-state index in [1.807, 2.05) is 51.1 Å². The minimum absolute atomic E-state index is 0.0381. The van der Waals surface area contributed by atoms with Crippen LogP contribution in [0.15, 0.2) is 30.3 Å². The van der Waals surface area contributed by atoms with Crippen molar-refractivity contribution >= 4 is 27.7 Å². The number of nitrogens with zero attached hydrogens (tertiary/aromatic N) is 2. The number of rotatable bonds is 9. The summed E-state index contributed by atoms with van der Waals surface area (Å²) >= 11 is 0. The zero-order chi connectivity index (χ0) is 28.3. The molecule has 1 saturated carbocycles. The number of carbonyl (C=O) groups excluding carboxylic acids is 3. The summed E-state index contributed by atoms with van der Waals surface area (Å²) in [5.74, 6) is -1.44. The van der Waals surface area contributed by atoms with E-state index in [1.165, 1.54) is 10.6 Å². The maximum Gasteiger partial charge on any atom is 0.245 e. The van der Waals surface area contributed by atoms with Crippen LogP contribution in [-0.4, -0.2) is 72.8 Å². The van der Waals surface area contributed by atoms with Crippen LogP contribution in [0.25, 0.3) is 0 Å². The topological polar surface area (TPSA) is 116 Å². The van der Waals surface area contributed by atoms with Gasteiger partial charge < -0.3 is 15.5 Å². The first kappa shape index (κ1) is 29.5. The number of hydrogen-bond acceptors (Lipinski definition) is 5. The molecule has 1 aromatic carbocycles. The number of sulfonamides is 1. The van der Waals surface area contributed by atoms with Gasteiger partial charge in [0.25, 0.3) is 0 Å². The largest absolute Gasteiger partial charge is 0.349 e. The van der Waals surface area contributed by atoms with Crippen LogP contribution < -0.4 is 10.6 Å². The molecule has 2 saturated heterocycles. The third-order valence-electron chi connectivity index (χ3n) is 9.03. The van der Waals surface area contributed by atoms with Crippen LogP contribution >= 0.6 is 0 Å². The molecule has 0 aromatic heterocycles. The Bertz CT molecular complexity index is 1140. The molecule has 1 aromatic rings. The Hall–Kier alpha value is -2.46. The monoisotopic (exact) mass is 560 g/mol. The normalized spacial score (nSPS) is 26.5. The van der Waals surface area contributed by atoms with E-state index in [4.69, 9.17) is 0 Å². The molecule has 0 spiro atoms. The van der Waals surface area contributed by atoms with E-state index in [0.717, 1.165) is 37.7 Å². The van der Waals surface area contributed by atoms with E-state index in [-0.39, 0.29) is 42.1 Å². The van der Waals surface area contributed by atoms with E-state index in [2.05, 4.69) is 10.6 Å². The molecule has 0 unspecified atom stereocenters. The summed E-state index contributed by atoms with van der Waals surface area (Å²) in [5, 5.41) is 6.13. The van der Waals surface area contributed by atoms with Crippen LogP contribution in [0.4, 0.5) is 0 Å². The van der Waals surface area contributed by atoms with Crippen LogP contribution in [0.5, 0.6) is 0 Å². The Balaban J connectivity index is 1.60. The fraction of sp³-hybridized carbons (Fsp3) is 0.690. The summed E-state index contributed by atoms with van der Waals surface area (Å²) in [6.07, 6.45) is 7.21. The van der Waals surface area contributed by atoms with Gasteiger partial charge in [-0.25, -0.2) is 8.42 Å². The summed E-state index contributed by atoms with van der Waals surface area (Å²) in [6, 6.07) is 7.65. The average molecular weight is 561 g/mol. The smallest absolute Gasteiger partial charge is 0.245 e. The second-order valence-corrected chi connectivity index (χ2v) is 13.6. The van der Waals surface area contributed by atoms with Gasteiger partial charge in [0.05, 0.1) is 24.3 Å². The first-order chi connectivity index (χ1) is 18.5. The predicted octanol–water partition coefficient (Wildman–Crippen LogP) is 2.84. The SMILES string of the molecule is CC[C@@H](C)C(=O)N[C@H](C(=O)N1CC[C@@H]2[C@H]1[C@@H](C(=O)N[C@H](C)c1ccccc1)CN2S(C)(=O)=O)C1CCCCC1. The summed E-state index contributed by atoms with van der Waals surface area (Å²) in [6.45, 7) is 6.11. The molecule has 0 radical (unpaired) electrons. The number of fused-ring (bicyclic) bond motifs is 1. The zero-order valence-electron chi connectivity index (χ0n) is 23.6. The molecular formula is C29H44N4O5S. The second-order valence-electron chi connectivity index (χ2n) is 11.7. The maximum absolute atomic E-state index is 14.2. The number of amides is 3. The van der Waals surface area contributed by atoms with Crippen molar-refractivity contribution in [3.05, 3.63) is 35.9 Å². The van der Waals surface area contributed by atoms with E-state index < -0.39 is 34.1 Å². The quantitative estimate of drug-likeness (QED) is 0.482. The molecule has 1 aliphatic carbocycles. The molecule has 4 rings (SSSR count). The lowest BCUT2D eigenvalue weighted by Gasteiger charge is -2.36. The molecule has 2 aliphatic heterocycles. The fourth-order valence-electron chi connectivity index (χ4n) is 6.57. The number of nitrogens with one attached hydrogen (secondary N) is 2. The van der Waals surface area contributed by atoms with Crippen molar-refractivity contribution in [3.63, 3.8) is 0 Å². The number of benzene rings is 1. The van der Waals surface area contributed by atoms with Crippen LogP contribution in [-0.2, 0) is 24.4 Å². The van der Waals surface area contributed by atoms with Gasteiger partial charge in [-0.1, -0.05) is 63.4 Å². The molecule has 216 valence electrons. The molecule has 0 bridgehead atoms. The molecule has 2 N–H and O–H groups in total. The lowest BCUT2D eigenvalue weighted by molar-refractivity contribution is -0.141. The highest BCUT2D eigenvalue weighted by Gasteiger charge is 2.56. The fourth-order valence-corrected chi connectivity index (χ4v) is 7.72. The van der Waals surface area contributed by atoms with E-state index in [0.29, 0.717) is 19.4 Å². The van der Waals surface area contributed by atoms with Crippen molar-refractivity contribution in [1.29, 1.82) is 0 Å². The number of hydrogen-bond donors (Lipinski definition) is 2. The average Bonchev–Trinajstić information content (AvgIpc) is 3.52. The number of carbonyl (C=O) groups is 3. The van der Waals surface area contributed by atoms with E-state index in [9.17, 15) is 22.8 Å². The van der Waals surface area contributed by atoms with Crippen LogP contribution in [0.2, 0.25) is 0 Å². The lowest BCUT2D eigenvalue weighted by atomic mass is 9.82. The summed E-state index contributed by atoms with van der Waals surface area (Å²) < 4.78 is 26.9. The first-order valence-corrected chi connectivity index (χ1v) is 16.3. The highest BCUT2D eigenvalue weighted by molar-refractivity contribution is 7.88. The molecule has 6 atom stereocenters. The maximum atomic E-state index is 14.2. The zero-order valence-corrected chi connectivity index (χ0v) is 24.5. The molecule has 9 nitrogen and oxygen atoms in total. The number of likely N-dealkylation sites (tertiary alicyclic amines) is 1. The molecule has 2 heterocycles. The molecule has 39 heavy (non-hydrogen) atoms. The molecule has 3 amide bonds. The van der Waals surface area contributed by atoms with E-state index in [1.54, 1.807) is 4.90 Å². The van der Waals surface area contributed by atoms with Crippen molar-refractivity contribution in [2.45, 2.75) is 89.9 Å². The van der Waals surface area contributed by atoms with Crippen molar-refractivity contribution in [2.24, 2.45) is 17.8 Å². The lowest BCUT2D eigenvalue weighted by Crippen LogP contribution is -2.57. The predicted molar refractivity (Wildman–Crippen MR) is 150 cm³/mol. The highest BCUT2D eigenvalue weighted by atomic mass is 32.2. The van der Waals surface area contributed by atoms with Gasteiger partial charge in [0.1, 0.15) is 6.04 Å². The van der Waals surface area contributed by atoms with Crippen molar-refractivity contribution < 1.29 is 22.8 Å². The first-order valence-electron chi connectivity index (χ1n) is 14.5. The van der Waals surface area contributed by atoms with Gasteiger partial charge in [-0.3, -0.25) is 14.4 Å². The van der Waals surface area contributed by atoms with Crippen molar-refractivity contribution in [2.75, 3.05) is 19.3 Å². The molecule has 3 fully saturated rings. The Labute approximate surface area is 233 Å². The molecule has 10 heteroatoms. The summed E-state index contributed by atoms with van der Waals surface area (Å²) in [7, 11) is -3.58.